The van der Waals surface area contributed by atoms with Gasteiger partial charge >= 0.3 is 0 Å². The number of benzene rings is 2. The van der Waals surface area contributed by atoms with Crippen LogP contribution < -0.4 is 9.62 Å². The lowest BCUT2D eigenvalue weighted by Crippen LogP contribution is -2.49. The Balaban J connectivity index is 1.75. The third-order valence-corrected chi connectivity index (χ3v) is 8.36. The lowest BCUT2D eigenvalue weighted by molar-refractivity contribution is -0.140. The van der Waals surface area contributed by atoms with E-state index in [0.717, 1.165) is 31.9 Å². The van der Waals surface area contributed by atoms with Crippen molar-refractivity contribution in [2.45, 2.75) is 64.1 Å². The molecule has 2 amide bonds. The topological polar surface area (TPSA) is 86.8 Å². The van der Waals surface area contributed by atoms with Gasteiger partial charge in [-0.15, -0.1) is 0 Å². The van der Waals surface area contributed by atoms with Crippen LogP contribution in [0.3, 0.4) is 0 Å². The first kappa shape index (κ1) is 28.3. The Labute approximate surface area is 223 Å². The van der Waals surface area contributed by atoms with Crippen LogP contribution in [0.15, 0.2) is 48.5 Å². The smallest absolute Gasteiger partial charge is 0.242 e. The SMILES string of the molecule is C[C@H](C(=O)NC1CCCC1)N(Cc1c(Cl)cccc1Cl)C(=O)CCCN(c1ccccc1)S(C)(=O)=O. The monoisotopic (exact) mass is 553 g/mol. The molecule has 1 N–H and O–H groups in total. The van der Waals surface area contributed by atoms with Gasteiger partial charge in [-0.3, -0.25) is 13.9 Å². The van der Waals surface area contributed by atoms with Crippen LogP contribution in [-0.4, -0.2) is 50.0 Å². The van der Waals surface area contributed by atoms with Crippen LogP contribution in [0.2, 0.25) is 10.0 Å². The number of halogens is 2. The molecule has 1 aliphatic carbocycles. The molecule has 2 aromatic rings. The summed E-state index contributed by atoms with van der Waals surface area (Å²) >= 11 is 12.7. The molecule has 0 aromatic heterocycles. The van der Waals surface area contributed by atoms with Crippen molar-refractivity contribution >= 4 is 50.7 Å². The number of nitrogens with zero attached hydrogens (tertiary/aromatic N) is 2. The average molecular weight is 555 g/mol. The fourth-order valence-electron chi connectivity index (χ4n) is 4.43. The van der Waals surface area contributed by atoms with Crippen molar-refractivity contribution in [1.29, 1.82) is 0 Å². The second-order valence-corrected chi connectivity index (χ2v) is 11.9. The minimum absolute atomic E-state index is 0.0575. The summed E-state index contributed by atoms with van der Waals surface area (Å²) in [6, 6.07) is 13.2. The normalized spacial score (nSPS) is 14.9. The molecule has 196 valence electrons. The van der Waals surface area contributed by atoms with Gasteiger partial charge in [-0.25, -0.2) is 8.42 Å². The highest BCUT2D eigenvalue weighted by atomic mass is 35.5. The second kappa shape index (κ2) is 12.8. The molecular weight excluding hydrogens is 521 g/mol. The van der Waals surface area contributed by atoms with E-state index in [9.17, 15) is 18.0 Å². The number of anilines is 1. The number of hydrogen-bond acceptors (Lipinski definition) is 4. The third-order valence-electron chi connectivity index (χ3n) is 6.46. The van der Waals surface area contributed by atoms with Crippen LogP contribution >= 0.6 is 23.2 Å². The molecule has 0 heterocycles. The van der Waals surface area contributed by atoms with Gasteiger partial charge in [-0.05, 0) is 50.5 Å². The van der Waals surface area contributed by atoms with Crippen molar-refractivity contribution in [2.24, 2.45) is 0 Å². The van der Waals surface area contributed by atoms with Crippen molar-refractivity contribution in [3.8, 4) is 0 Å². The van der Waals surface area contributed by atoms with Gasteiger partial charge < -0.3 is 10.2 Å². The first-order valence-corrected chi connectivity index (χ1v) is 14.7. The standard InChI is InChI=1S/C26H33Cl2N3O4S/c1-19(26(33)29-20-10-6-7-11-20)30(18-22-23(27)14-8-15-24(22)28)25(32)16-9-17-31(36(2,34)35)21-12-4-3-5-13-21/h3-5,8,12-15,19-20H,6-7,9-11,16-18H2,1-2H3,(H,29,33)/t19-/m1/s1. The third kappa shape index (κ3) is 7.60. The number of amides is 2. The zero-order chi connectivity index (χ0) is 26.3. The number of hydrogen-bond donors (Lipinski definition) is 1. The lowest BCUT2D eigenvalue weighted by Gasteiger charge is -2.30. The zero-order valence-corrected chi connectivity index (χ0v) is 23.0. The Morgan fingerprint density at radius 3 is 2.22 bits per heavy atom. The van der Waals surface area contributed by atoms with E-state index in [-0.39, 0.29) is 43.8 Å². The second-order valence-electron chi connectivity index (χ2n) is 9.16. The molecule has 1 aliphatic rings. The fraction of sp³-hybridized carbons (Fsp3) is 0.462. The van der Waals surface area contributed by atoms with E-state index in [1.165, 1.54) is 9.21 Å². The largest absolute Gasteiger partial charge is 0.352 e. The molecule has 1 fully saturated rings. The predicted molar refractivity (Wildman–Crippen MR) is 145 cm³/mol. The van der Waals surface area contributed by atoms with Crippen LogP contribution in [0, 0.1) is 0 Å². The van der Waals surface area contributed by atoms with Crippen molar-refractivity contribution in [3.63, 3.8) is 0 Å². The summed E-state index contributed by atoms with van der Waals surface area (Å²) in [4.78, 5) is 27.9. The zero-order valence-electron chi connectivity index (χ0n) is 20.6. The van der Waals surface area contributed by atoms with Crippen molar-refractivity contribution in [2.75, 3.05) is 17.1 Å². The van der Waals surface area contributed by atoms with Crippen molar-refractivity contribution < 1.29 is 18.0 Å². The summed E-state index contributed by atoms with van der Waals surface area (Å²) in [5, 5.41) is 3.88. The number of carbonyl (C=O) groups excluding carboxylic acids is 2. The molecule has 0 unspecified atom stereocenters. The fourth-order valence-corrected chi connectivity index (χ4v) is 5.91. The van der Waals surface area contributed by atoms with Crippen LogP contribution in [0.4, 0.5) is 5.69 Å². The van der Waals surface area contributed by atoms with E-state index in [0.29, 0.717) is 21.3 Å². The van der Waals surface area contributed by atoms with Gasteiger partial charge in [0.2, 0.25) is 21.8 Å². The number of para-hydroxylation sites is 1. The maximum atomic E-state index is 13.4. The molecule has 1 saturated carbocycles. The summed E-state index contributed by atoms with van der Waals surface area (Å²) < 4.78 is 26.0. The summed E-state index contributed by atoms with van der Waals surface area (Å²) in [5.74, 6) is -0.498. The van der Waals surface area contributed by atoms with Gasteiger partial charge in [0.15, 0.2) is 0 Å². The molecule has 0 radical (unpaired) electrons. The number of rotatable bonds is 11. The van der Waals surface area contributed by atoms with Gasteiger partial charge in [0, 0.05) is 41.2 Å². The van der Waals surface area contributed by atoms with Gasteiger partial charge in [-0.2, -0.15) is 0 Å². The highest BCUT2D eigenvalue weighted by molar-refractivity contribution is 7.92. The van der Waals surface area contributed by atoms with Gasteiger partial charge in [0.1, 0.15) is 6.04 Å². The van der Waals surface area contributed by atoms with Crippen LogP contribution in [-0.2, 0) is 26.2 Å². The Bertz CT molecular complexity index is 1130. The van der Waals surface area contributed by atoms with Gasteiger partial charge in [0.25, 0.3) is 0 Å². The van der Waals surface area contributed by atoms with E-state index in [2.05, 4.69) is 5.32 Å². The lowest BCUT2D eigenvalue weighted by atomic mass is 10.1. The number of carbonyl (C=O) groups is 2. The van der Waals surface area contributed by atoms with E-state index in [1.807, 2.05) is 6.07 Å². The maximum Gasteiger partial charge on any atom is 0.242 e. The molecule has 7 nitrogen and oxygen atoms in total. The molecule has 0 spiro atoms. The molecule has 0 bridgehead atoms. The highest BCUT2D eigenvalue weighted by Gasteiger charge is 2.29. The van der Waals surface area contributed by atoms with Crippen LogP contribution in [0.5, 0.6) is 0 Å². The summed E-state index contributed by atoms with van der Waals surface area (Å²) in [7, 11) is -3.53. The molecule has 3 rings (SSSR count). The summed E-state index contributed by atoms with van der Waals surface area (Å²) in [6.07, 6.45) is 5.51. The summed E-state index contributed by atoms with van der Waals surface area (Å²) in [5.41, 5.74) is 1.10. The van der Waals surface area contributed by atoms with Crippen molar-refractivity contribution in [1.82, 2.24) is 10.2 Å². The molecule has 10 heteroatoms. The molecule has 0 saturated heterocycles. The Morgan fingerprint density at radius 2 is 1.64 bits per heavy atom. The predicted octanol–water partition coefficient (Wildman–Crippen LogP) is 5.02. The van der Waals surface area contributed by atoms with Crippen molar-refractivity contribution in [3.05, 3.63) is 64.1 Å². The molecule has 36 heavy (non-hydrogen) atoms. The summed E-state index contributed by atoms with van der Waals surface area (Å²) in [6.45, 7) is 1.91. The molecular formula is C26H33Cl2N3O4S. The highest BCUT2D eigenvalue weighted by Crippen LogP contribution is 2.27. The molecule has 1 atom stereocenters. The number of nitrogens with one attached hydrogen (secondary N) is 1. The quantitative estimate of drug-likeness (QED) is 0.423. The first-order valence-electron chi connectivity index (χ1n) is 12.1. The Kier molecular flexibility index (Phi) is 10.0. The van der Waals surface area contributed by atoms with E-state index < -0.39 is 16.1 Å². The molecule has 2 aromatic carbocycles. The van der Waals surface area contributed by atoms with E-state index in [4.69, 9.17) is 23.2 Å². The van der Waals surface area contributed by atoms with Gasteiger partial charge in [0.05, 0.1) is 11.9 Å². The maximum absolute atomic E-state index is 13.4. The van der Waals surface area contributed by atoms with Crippen LogP contribution in [0.25, 0.3) is 0 Å². The van der Waals surface area contributed by atoms with Gasteiger partial charge in [-0.1, -0.05) is 60.3 Å². The Hall–Kier alpha value is -2.29. The number of sulfonamides is 1. The van der Waals surface area contributed by atoms with E-state index in [1.54, 1.807) is 49.4 Å². The average Bonchev–Trinajstić information content (AvgIpc) is 3.34. The van der Waals surface area contributed by atoms with E-state index >= 15 is 0 Å². The minimum atomic E-state index is -3.53. The first-order chi connectivity index (χ1) is 17.1. The minimum Gasteiger partial charge on any atom is -0.352 e. The molecule has 0 aliphatic heterocycles. The van der Waals surface area contributed by atoms with Crippen LogP contribution in [0.1, 0.15) is 51.0 Å². The Morgan fingerprint density at radius 1 is 1.03 bits per heavy atom.